The van der Waals surface area contributed by atoms with Crippen molar-refractivity contribution in [2.75, 3.05) is 0 Å². The first-order valence-electron chi connectivity index (χ1n) is 28.2. The number of benzene rings is 1. The molecule has 10 atom stereocenters. The largest absolute Gasteiger partial charge is 0.481 e. The Labute approximate surface area is 470 Å². The summed E-state index contributed by atoms with van der Waals surface area (Å²) in [6.07, 6.45) is 2.45. The Hall–Kier alpha value is -5.50. The molecule has 0 radical (unpaired) electrons. The standard InChI is InChI=1S/C59H95BN6O13/c1-20-21-26-44(60-78-43-32-37-31-42(58(37,17)18)59(43,19)79-60)65-50(71)39(29-34(2)3)63-52(73)47(54(5,6)7)66-51(72)40(30-36-25-23-22-24-35(36)4)62-48(69)38(27-28-45(67)75-55(8,9)10)61-49(70)41(33-46(68)76-56(11,12)13)64-53(74)77-57(14,15)16/h20,22-25,34,37-44,47H,1,21,26-33H2,2-19H3,(H,61,70)(H,62,69)(H,63,73)(H,64,74)(H,65,71)(H,66,72)/t37-,38-,39-,40-,41-,42-,43+,44-,47+,59-/m0/s1. The van der Waals surface area contributed by atoms with Crippen molar-refractivity contribution in [3.63, 3.8) is 0 Å². The van der Waals surface area contributed by atoms with Crippen LogP contribution in [0, 0.1) is 35.5 Å². The molecule has 79 heavy (non-hydrogen) atoms. The van der Waals surface area contributed by atoms with E-state index >= 15 is 0 Å². The number of rotatable bonds is 24. The molecule has 1 heterocycles. The molecular weight excluding hydrogens is 1010 g/mol. The van der Waals surface area contributed by atoms with Gasteiger partial charge in [-0.1, -0.05) is 78.8 Å². The smallest absolute Gasteiger partial charge is 0.460 e. The number of hydrogen-bond acceptors (Lipinski definition) is 13. The second-order valence-corrected chi connectivity index (χ2v) is 27.2. The van der Waals surface area contributed by atoms with E-state index in [4.69, 9.17) is 23.5 Å². The molecule has 442 valence electrons. The van der Waals surface area contributed by atoms with E-state index in [0.717, 1.165) is 18.4 Å². The first-order valence-corrected chi connectivity index (χ1v) is 28.2. The Kier molecular flexibility index (Phi) is 22.1. The fourth-order valence-corrected chi connectivity index (χ4v) is 10.7. The molecule has 0 spiro atoms. The monoisotopic (exact) mass is 1110 g/mol. The first-order chi connectivity index (χ1) is 36.2. The second-order valence-electron chi connectivity index (χ2n) is 27.2. The van der Waals surface area contributed by atoms with E-state index in [9.17, 15) is 38.4 Å². The highest BCUT2D eigenvalue weighted by molar-refractivity contribution is 6.48. The number of amides is 6. The zero-order chi connectivity index (χ0) is 59.8. The molecule has 0 aromatic heterocycles. The van der Waals surface area contributed by atoms with Gasteiger partial charge in [0, 0.05) is 12.8 Å². The first kappa shape index (κ1) is 66.0. The van der Waals surface area contributed by atoms with E-state index in [0.29, 0.717) is 30.2 Å². The van der Waals surface area contributed by atoms with Crippen LogP contribution in [-0.2, 0) is 63.5 Å². The van der Waals surface area contributed by atoms with Gasteiger partial charge in [-0.05, 0) is 154 Å². The van der Waals surface area contributed by atoms with Gasteiger partial charge in [0.05, 0.1) is 24.1 Å². The highest BCUT2D eigenvalue weighted by Gasteiger charge is 2.68. The number of hydrogen-bond donors (Lipinski definition) is 6. The average molecular weight is 1110 g/mol. The zero-order valence-corrected chi connectivity index (χ0v) is 50.6. The van der Waals surface area contributed by atoms with E-state index in [2.05, 4.69) is 59.3 Å². The third kappa shape index (κ3) is 19.3. The van der Waals surface area contributed by atoms with Gasteiger partial charge >= 0.3 is 25.2 Å². The van der Waals surface area contributed by atoms with E-state index in [1.54, 1.807) is 101 Å². The third-order valence-electron chi connectivity index (χ3n) is 14.9. The lowest BCUT2D eigenvalue weighted by molar-refractivity contribution is -0.199. The Morgan fingerprint density at radius 2 is 1.23 bits per heavy atom. The average Bonchev–Trinajstić information content (AvgIpc) is 3.67. The number of ether oxygens (including phenoxy) is 3. The van der Waals surface area contributed by atoms with E-state index < -0.39 is 125 Å². The topological polar surface area (TPSA) is 255 Å². The second kappa shape index (κ2) is 26.4. The van der Waals surface area contributed by atoms with Gasteiger partial charge in [-0.25, -0.2) is 4.79 Å². The summed E-state index contributed by atoms with van der Waals surface area (Å²) >= 11 is 0. The molecule has 1 saturated heterocycles. The number of carbonyl (C=O) groups is 8. The SMILES string of the molecule is C=CCC[C@H](NC(=O)[C@H](CC(C)C)NC(=O)[C@@H](NC(=O)[C@H](Cc1ccccc1C)NC(=O)[C@H](CCC(=O)OC(C)(C)C)NC(=O)[C@H](CC(=O)OC(C)(C)C)NC(=O)OC(C)(C)C)C(C)(C)C)B1O[C@@H]2C[C@@H]3C[C@@H](C3(C)C)[C@]2(C)O1. The quantitative estimate of drug-likeness (QED) is 0.0263. The summed E-state index contributed by atoms with van der Waals surface area (Å²) in [4.78, 5) is 112. The van der Waals surface area contributed by atoms with Crippen molar-refractivity contribution < 1.29 is 61.9 Å². The molecule has 2 bridgehead atoms. The van der Waals surface area contributed by atoms with Crippen LogP contribution in [0.15, 0.2) is 36.9 Å². The van der Waals surface area contributed by atoms with Crippen LogP contribution >= 0.6 is 0 Å². The summed E-state index contributed by atoms with van der Waals surface area (Å²) in [5, 5.41) is 16.8. The number of allylic oxidation sites excluding steroid dienone is 1. The fraction of sp³-hybridized carbons (Fsp3) is 0.729. The third-order valence-corrected chi connectivity index (χ3v) is 14.9. The molecule has 3 aliphatic carbocycles. The molecule has 19 nitrogen and oxygen atoms in total. The minimum atomic E-state index is -1.62. The molecular formula is C59H95BN6O13. The lowest BCUT2D eigenvalue weighted by Gasteiger charge is -2.64. The van der Waals surface area contributed by atoms with Crippen LogP contribution in [0.4, 0.5) is 4.79 Å². The van der Waals surface area contributed by atoms with Gasteiger partial charge in [-0.3, -0.25) is 33.6 Å². The summed E-state index contributed by atoms with van der Waals surface area (Å²) in [6, 6.07) is 0.377. The van der Waals surface area contributed by atoms with Crippen molar-refractivity contribution in [3.05, 3.63) is 48.0 Å². The molecule has 0 unspecified atom stereocenters. The number of nitrogens with one attached hydrogen (secondary N) is 6. The van der Waals surface area contributed by atoms with E-state index in [-0.39, 0.29) is 43.1 Å². The lowest BCUT2D eigenvalue weighted by atomic mass is 9.43. The Morgan fingerprint density at radius 3 is 1.78 bits per heavy atom. The maximum absolute atomic E-state index is 14.9. The van der Waals surface area contributed by atoms with Crippen LogP contribution < -0.4 is 31.9 Å². The van der Waals surface area contributed by atoms with Crippen LogP contribution in [-0.4, -0.2) is 119 Å². The van der Waals surface area contributed by atoms with Crippen molar-refractivity contribution in [1.82, 2.24) is 31.9 Å². The number of esters is 2. The summed E-state index contributed by atoms with van der Waals surface area (Å²) in [5.74, 6) is -5.03. The maximum Gasteiger partial charge on any atom is 0.481 e. The van der Waals surface area contributed by atoms with Gasteiger partial charge in [0.25, 0.3) is 0 Å². The predicted molar refractivity (Wildman–Crippen MR) is 302 cm³/mol. The normalized spacial score (nSPS) is 22.0. The van der Waals surface area contributed by atoms with Gasteiger partial charge in [-0.15, -0.1) is 6.58 Å². The predicted octanol–water partition coefficient (Wildman–Crippen LogP) is 7.03. The van der Waals surface area contributed by atoms with Crippen molar-refractivity contribution in [3.8, 4) is 0 Å². The van der Waals surface area contributed by atoms with Crippen molar-refractivity contribution in [2.45, 2.75) is 247 Å². The molecule has 5 rings (SSSR count). The highest BCUT2D eigenvalue weighted by Crippen LogP contribution is 2.65. The summed E-state index contributed by atoms with van der Waals surface area (Å²) < 4.78 is 29.8. The van der Waals surface area contributed by atoms with Gasteiger partial charge in [0.15, 0.2) is 0 Å². The van der Waals surface area contributed by atoms with Crippen LogP contribution in [0.25, 0.3) is 0 Å². The van der Waals surface area contributed by atoms with Gasteiger partial charge in [0.1, 0.15) is 47.0 Å². The molecule has 4 aliphatic rings. The number of aryl methyl sites for hydroxylation is 1. The summed E-state index contributed by atoms with van der Waals surface area (Å²) in [6.45, 7) is 36.4. The van der Waals surface area contributed by atoms with Crippen molar-refractivity contribution >= 4 is 54.7 Å². The Balaban J connectivity index is 1.65. The van der Waals surface area contributed by atoms with E-state index in [1.807, 2.05) is 32.9 Å². The molecule has 6 amide bonds. The van der Waals surface area contributed by atoms with Gasteiger partial charge in [-0.2, -0.15) is 0 Å². The number of carbonyl (C=O) groups excluding carboxylic acids is 8. The molecule has 6 N–H and O–H groups in total. The summed E-state index contributed by atoms with van der Waals surface area (Å²) in [7, 11) is -0.718. The Bertz CT molecular complexity index is 2340. The van der Waals surface area contributed by atoms with Crippen LogP contribution in [0.5, 0.6) is 0 Å². The minimum Gasteiger partial charge on any atom is -0.460 e. The van der Waals surface area contributed by atoms with Crippen LogP contribution in [0.2, 0.25) is 0 Å². The summed E-state index contributed by atoms with van der Waals surface area (Å²) in [5.41, 5.74) is -2.70. The fourth-order valence-electron chi connectivity index (χ4n) is 10.7. The molecule has 3 saturated carbocycles. The molecule has 1 aliphatic heterocycles. The molecule has 1 aromatic carbocycles. The molecule has 20 heteroatoms. The highest BCUT2D eigenvalue weighted by atomic mass is 16.7. The molecule has 1 aromatic rings. The van der Waals surface area contributed by atoms with Crippen LogP contribution in [0.1, 0.15) is 180 Å². The van der Waals surface area contributed by atoms with Gasteiger partial charge in [0.2, 0.25) is 29.5 Å². The zero-order valence-electron chi connectivity index (χ0n) is 50.6. The van der Waals surface area contributed by atoms with Crippen LogP contribution in [0.3, 0.4) is 0 Å². The Morgan fingerprint density at radius 1 is 0.684 bits per heavy atom. The minimum absolute atomic E-state index is 0.0433. The van der Waals surface area contributed by atoms with Crippen molar-refractivity contribution in [2.24, 2.45) is 28.6 Å². The van der Waals surface area contributed by atoms with Gasteiger partial charge < -0.3 is 55.4 Å². The maximum atomic E-state index is 14.9. The van der Waals surface area contributed by atoms with E-state index in [1.165, 1.54) is 0 Å². The lowest BCUT2D eigenvalue weighted by Crippen LogP contribution is -2.65. The number of alkyl carbamates (subject to hydrolysis) is 1. The molecule has 4 fully saturated rings. The van der Waals surface area contributed by atoms with Crippen molar-refractivity contribution in [1.29, 1.82) is 0 Å².